The molecule has 90 valence electrons. The first-order valence-corrected chi connectivity index (χ1v) is 4.51. The molecule has 0 bridgehead atoms. The largest absolute Gasteiger partial charge is 0.507 e. The number of aliphatic hydroxyl groups excluding tert-OH is 1. The van der Waals surface area contributed by atoms with E-state index in [1.807, 2.05) is 0 Å². The van der Waals surface area contributed by atoms with Crippen molar-refractivity contribution in [2.24, 2.45) is 0 Å². The minimum Gasteiger partial charge on any atom is -0.507 e. The maximum atomic E-state index is 11.1. The maximum Gasteiger partial charge on any atom is 0.378 e. The molecule has 0 aliphatic carbocycles. The molecule has 0 aliphatic rings. The van der Waals surface area contributed by atoms with Crippen molar-refractivity contribution in [1.29, 1.82) is 0 Å². The summed E-state index contributed by atoms with van der Waals surface area (Å²) in [5.41, 5.74) is 0.0811. The van der Waals surface area contributed by atoms with E-state index in [-0.39, 0.29) is 11.3 Å². The van der Waals surface area contributed by atoms with E-state index < -0.39 is 23.3 Å². The average molecular weight is 238 g/mol. The van der Waals surface area contributed by atoms with Crippen molar-refractivity contribution in [3.63, 3.8) is 0 Å². The molecule has 0 heterocycles. The predicted octanol–water partition coefficient (Wildman–Crippen LogP) is 0.739. The second kappa shape index (κ2) is 5.02. The van der Waals surface area contributed by atoms with E-state index in [2.05, 4.69) is 4.74 Å². The van der Waals surface area contributed by atoms with Crippen LogP contribution in [-0.2, 0) is 14.3 Å². The van der Waals surface area contributed by atoms with E-state index >= 15 is 0 Å². The van der Waals surface area contributed by atoms with Gasteiger partial charge in [0.15, 0.2) is 11.5 Å². The van der Waals surface area contributed by atoms with Crippen molar-refractivity contribution in [3.8, 4) is 11.5 Å². The number of rotatable bonds is 3. The molecule has 0 aliphatic heterocycles. The summed E-state index contributed by atoms with van der Waals surface area (Å²) in [7, 11) is 1.04. The third-order valence-electron chi connectivity index (χ3n) is 1.93. The van der Waals surface area contributed by atoms with Crippen molar-refractivity contribution in [2.45, 2.75) is 0 Å². The van der Waals surface area contributed by atoms with Gasteiger partial charge in [-0.1, -0.05) is 0 Å². The van der Waals surface area contributed by atoms with Crippen molar-refractivity contribution >= 4 is 17.5 Å². The van der Waals surface area contributed by atoms with Crippen LogP contribution in [0.3, 0.4) is 0 Å². The topological polar surface area (TPSA) is 104 Å². The summed E-state index contributed by atoms with van der Waals surface area (Å²) in [6, 6.07) is 3.45. The zero-order valence-electron chi connectivity index (χ0n) is 8.88. The Morgan fingerprint density at radius 3 is 2.41 bits per heavy atom. The molecular weight excluding hydrogens is 228 g/mol. The highest BCUT2D eigenvalue weighted by Gasteiger charge is 2.13. The quantitative estimate of drug-likeness (QED) is 0.236. The van der Waals surface area contributed by atoms with Gasteiger partial charge in [-0.15, -0.1) is 0 Å². The highest BCUT2D eigenvalue weighted by Crippen LogP contribution is 2.27. The smallest absolute Gasteiger partial charge is 0.378 e. The molecule has 17 heavy (non-hydrogen) atoms. The van der Waals surface area contributed by atoms with Crippen LogP contribution in [0.2, 0.25) is 0 Å². The first-order valence-electron chi connectivity index (χ1n) is 4.51. The lowest BCUT2D eigenvalue weighted by atomic mass is 10.1. The maximum absolute atomic E-state index is 11.1. The Bertz CT molecular complexity index is 489. The monoisotopic (exact) mass is 238 g/mol. The molecule has 0 saturated heterocycles. The van der Waals surface area contributed by atoms with Crippen molar-refractivity contribution in [2.75, 3.05) is 7.11 Å². The number of esters is 1. The van der Waals surface area contributed by atoms with Crippen LogP contribution in [0.15, 0.2) is 24.3 Å². The molecule has 1 rings (SSSR count). The minimum absolute atomic E-state index is 0.0811. The number of carbonyl (C=O) groups excluding carboxylic acids is 2. The van der Waals surface area contributed by atoms with Crippen LogP contribution in [0.5, 0.6) is 11.5 Å². The second-order valence-electron chi connectivity index (χ2n) is 3.09. The number of hydrogen-bond donors (Lipinski definition) is 3. The molecule has 6 nitrogen and oxygen atoms in total. The van der Waals surface area contributed by atoms with Gasteiger partial charge in [0.05, 0.1) is 7.11 Å². The Morgan fingerprint density at radius 1 is 1.24 bits per heavy atom. The van der Waals surface area contributed by atoms with E-state index in [1.165, 1.54) is 6.07 Å². The average Bonchev–Trinajstić information content (AvgIpc) is 2.31. The number of phenols is 2. The Balaban J connectivity index is 3.00. The molecule has 0 fully saturated rings. The number of aromatic hydroxyl groups is 2. The Morgan fingerprint density at radius 2 is 1.88 bits per heavy atom. The van der Waals surface area contributed by atoms with E-state index in [1.54, 1.807) is 0 Å². The number of ether oxygens (including phenoxy) is 1. The number of phenolic OH excluding ortho intramolecular Hbond substituents is 2. The van der Waals surface area contributed by atoms with Gasteiger partial charge in [-0.05, 0) is 18.2 Å². The van der Waals surface area contributed by atoms with Gasteiger partial charge in [-0.2, -0.15) is 0 Å². The van der Waals surface area contributed by atoms with Crippen molar-refractivity contribution < 1.29 is 29.6 Å². The molecule has 1 aromatic carbocycles. The molecule has 0 aromatic heterocycles. The lowest BCUT2D eigenvalue weighted by Gasteiger charge is -2.02. The zero-order valence-corrected chi connectivity index (χ0v) is 8.88. The number of benzene rings is 1. The van der Waals surface area contributed by atoms with Crippen LogP contribution in [-0.4, -0.2) is 34.2 Å². The summed E-state index contributed by atoms with van der Waals surface area (Å²) < 4.78 is 4.16. The molecule has 0 atom stereocenters. The normalized spacial score (nSPS) is 11.0. The molecule has 1 aromatic rings. The Hall–Kier alpha value is -2.50. The number of aliphatic hydroxyl groups is 1. The van der Waals surface area contributed by atoms with E-state index in [0.717, 1.165) is 19.2 Å². The van der Waals surface area contributed by atoms with Crippen LogP contribution in [0.4, 0.5) is 0 Å². The van der Waals surface area contributed by atoms with E-state index in [0.29, 0.717) is 6.08 Å². The molecular formula is C11H10O6. The summed E-state index contributed by atoms with van der Waals surface area (Å²) in [6.07, 6.45) is 0.664. The first-order chi connectivity index (χ1) is 7.95. The lowest BCUT2D eigenvalue weighted by molar-refractivity contribution is -0.149. The molecule has 6 heteroatoms. The van der Waals surface area contributed by atoms with Gasteiger partial charge in [-0.3, -0.25) is 4.79 Å². The van der Waals surface area contributed by atoms with Crippen LogP contribution >= 0.6 is 0 Å². The molecule has 0 radical (unpaired) electrons. The van der Waals surface area contributed by atoms with Crippen LogP contribution in [0.25, 0.3) is 5.76 Å². The standard InChI is InChI=1S/C11H10O6/c1-17-11(16)10(15)5-8(13)6-2-3-7(12)9(14)4-6/h2-5,12-14H,1H3/b8-5-. The van der Waals surface area contributed by atoms with Crippen LogP contribution in [0, 0.1) is 0 Å². The number of hydrogen-bond acceptors (Lipinski definition) is 6. The molecule has 0 unspecified atom stereocenters. The highest BCUT2D eigenvalue weighted by molar-refractivity contribution is 6.39. The fraction of sp³-hybridized carbons (Fsp3) is 0.0909. The lowest BCUT2D eigenvalue weighted by Crippen LogP contribution is -2.13. The zero-order chi connectivity index (χ0) is 13.0. The van der Waals surface area contributed by atoms with E-state index in [4.69, 9.17) is 5.11 Å². The third-order valence-corrected chi connectivity index (χ3v) is 1.93. The van der Waals surface area contributed by atoms with E-state index in [9.17, 15) is 19.8 Å². The van der Waals surface area contributed by atoms with Gasteiger partial charge in [-0.25, -0.2) is 4.79 Å². The van der Waals surface area contributed by atoms with Crippen LogP contribution in [0.1, 0.15) is 5.56 Å². The fourth-order valence-electron chi connectivity index (χ4n) is 1.05. The van der Waals surface area contributed by atoms with Gasteiger partial charge in [0.1, 0.15) is 5.76 Å². The number of carbonyl (C=O) groups is 2. The molecule has 3 N–H and O–H groups in total. The first kappa shape index (κ1) is 12.6. The SMILES string of the molecule is COC(=O)C(=O)/C=C(\O)c1ccc(O)c(O)c1. The van der Waals surface area contributed by atoms with Crippen molar-refractivity contribution in [3.05, 3.63) is 29.8 Å². The highest BCUT2D eigenvalue weighted by atomic mass is 16.5. The van der Waals surface area contributed by atoms with Gasteiger partial charge < -0.3 is 20.1 Å². The summed E-state index contributed by atoms with van der Waals surface area (Å²) in [5.74, 6) is -3.47. The summed E-state index contributed by atoms with van der Waals surface area (Å²) in [6.45, 7) is 0. The summed E-state index contributed by atoms with van der Waals surface area (Å²) >= 11 is 0. The number of ketones is 1. The number of methoxy groups -OCH3 is 1. The van der Waals surface area contributed by atoms with Gasteiger partial charge in [0, 0.05) is 11.6 Å². The van der Waals surface area contributed by atoms with Crippen LogP contribution < -0.4 is 0 Å². The molecule has 0 amide bonds. The predicted molar refractivity (Wildman–Crippen MR) is 57.4 cm³/mol. The third kappa shape index (κ3) is 2.97. The Labute approximate surface area is 96.4 Å². The Kier molecular flexibility index (Phi) is 3.71. The molecule has 0 spiro atoms. The fourth-order valence-corrected chi connectivity index (χ4v) is 1.05. The summed E-state index contributed by atoms with van der Waals surface area (Å²) in [5, 5.41) is 27.7. The minimum atomic E-state index is -1.11. The van der Waals surface area contributed by atoms with Gasteiger partial charge in [0.25, 0.3) is 5.78 Å². The van der Waals surface area contributed by atoms with Gasteiger partial charge in [0.2, 0.25) is 0 Å². The molecule has 0 saturated carbocycles. The summed E-state index contributed by atoms with van der Waals surface area (Å²) in [4.78, 5) is 21.9. The van der Waals surface area contributed by atoms with Crippen molar-refractivity contribution in [1.82, 2.24) is 0 Å². The second-order valence-corrected chi connectivity index (χ2v) is 3.09. The van der Waals surface area contributed by atoms with Gasteiger partial charge >= 0.3 is 5.97 Å².